The minimum Gasteiger partial charge on any atom is -0.493 e. The van der Waals surface area contributed by atoms with E-state index in [1.54, 1.807) is 43.4 Å². The largest absolute Gasteiger partial charge is 0.493 e. The van der Waals surface area contributed by atoms with E-state index in [-0.39, 0.29) is 5.91 Å². The third-order valence-corrected chi connectivity index (χ3v) is 4.26. The SMILES string of the molecule is COc1cc(C=CC(=O)NCc2cc(-c3ccco3)n(C)n2)cc(OC)c1OC. The van der Waals surface area contributed by atoms with Crippen molar-refractivity contribution in [2.75, 3.05) is 21.3 Å². The Morgan fingerprint density at radius 1 is 1.17 bits per heavy atom. The quantitative estimate of drug-likeness (QED) is 0.588. The van der Waals surface area contributed by atoms with Crippen molar-refractivity contribution < 1.29 is 23.4 Å². The standard InChI is InChI=1S/C21H23N3O5/c1-24-16(17-6-5-9-29-17)12-15(23-24)13-22-20(25)8-7-14-10-18(26-2)21(28-4)19(11-14)27-3/h5-12H,13H2,1-4H3,(H,22,25). The van der Waals surface area contributed by atoms with Crippen LogP contribution in [0.1, 0.15) is 11.3 Å². The van der Waals surface area contributed by atoms with Gasteiger partial charge in [-0.15, -0.1) is 0 Å². The van der Waals surface area contributed by atoms with E-state index < -0.39 is 0 Å². The first kappa shape index (κ1) is 20.1. The molecule has 1 aromatic carbocycles. The molecule has 0 aliphatic rings. The zero-order valence-corrected chi connectivity index (χ0v) is 16.8. The number of hydrogen-bond donors (Lipinski definition) is 1. The maximum Gasteiger partial charge on any atom is 0.244 e. The number of carbonyl (C=O) groups excluding carboxylic acids is 1. The van der Waals surface area contributed by atoms with Crippen LogP contribution in [0.3, 0.4) is 0 Å². The molecule has 0 fully saturated rings. The zero-order valence-electron chi connectivity index (χ0n) is 16.8. The lowest BCUT2D eigenvalue weighted by molar-refractivity contribution is -0.116. The highest BCUT2D eigenvalue weighted by Crippen LogP contribution is 2.38. The summed E-state index contributed by atoms with van der Waals surface area (Å²) in [7, 11) is 6.45. The average molecular weight is 397 g/mol. The number of ether oxygens (including phenoxy) is 3. The van der Waals surface area contributed by atoms with Crippen LogP contribution < -0.4 is 19.5 Å². The van der Waals surface area contributed by atoms with Gasteiger partial charge in [-0.1, -0.05) is 0 Å². The maximum absolute atomic E-state index is 12.2. The smallest absolute Gasteiger partial charge is 0.244 e. The molecule has 0 bridgehead atoms. The van der Waals surface area contributed by atoms with E-state index in [4.69, 9.17) is 18.6 Å². The summed E-state index contributed by atoms with van der Waals surface area (Å²) in [6.45, 7) is 0.299. The number of aryl methyl sites for hydroxylation is 1. The number of methoxy groups -OCH3 is 3. The molecular weight excluding hydrogens is 374 g/mol. The third kappa shape index (κ3) is 4.60. The fourth-order valence-corrected chi connectivity index (χ4v) is 2.87. The number of nitrogens with one attached hydrogen (secondary N) is 1. The second-order valence-electron chi connectivity index (χ2n) is 6.13. The van der Waals surface area contributed by atoms with E-state index in [0.29, 0.717) is 23.8 Å². The van der Waals surface area contributed by atoms with Crippen LogP contribution in [0.25, 0.3) is 17.5 Å². The van der Waals surface area contributed by atoms with E-state index in [2.05, 4.69) is 10.4 Å². The molecule has 0 aliphatic carbocycles. The van der Waals surface area contributed by atoms with Crippen molar-refractivity contribution in [3.63, 3.8) is 0 Å². The first-order chi connectivity index (χ1) is 14.0. The fraction of sp³-hybridized carbons (Fsp3) is 0.238. The molecule has 2 heterocycles. The Hall–Kier alpha value is -3.68. The molecule has 3 aromatic rings. The topological polar surface area (TPSA) is 87.8 Å². The van der Waals surface area contributed by atoms with E-state index >= 15 is 0 Å². The highest BCUT2D eigenvalue weighted by Gasteiger charge is 2.13. The first-order valence-corrected chi connectivity index (χ1v) is 8.88. The van der Waals surface area contributed by atoms with Gasteiger partial charge in [0, 0.05) is 13.1 Å². The molecule has 0 saturated carbocycles. The monoisotopic (exact) mass is 397 g/mol. The second-order valence-corrected chi connectivity index (χ2v) is 6.13. The van der Waals surface area contributed by atoms with Gasteiger partial charge in [0.25, 0.3) is 0 Å². The Labute approximate surface area is 168 Å². The van der Waals surface area contributed by atoms with Gasteiger partial charge in [0.15, 0.2) is 17.3 Å². The predicted octanol–water partition coefficient (Wildman–Crippen LogP) is 3.04. The molecule has 1 N–H and O–H groups in total. The average Bonchev–Trinajstić information content (AvgIpc) is 3.39. The highest BCUT2D eigenvalue weighted by atomic mass is 16.5. The molecule has 0 radical (unpaired) electrons. The van der Waals surface area contributed by atoms with Crippen LogP contribution in [0.4, 0.5) is 0 Å². The molecule has 0 aliphatic heterocycles. The Balaban J connectivity index is 1.65. The van der Waals surface area contributed by atoms with Crippen LogP contribution in [0.2, 0.25) is 0 Å². The van der Waals surface area contributed by atoms with Gasteiger partial charge in [-0.05, 0) is 42.0 Å². The van der Waals surface area contributed by atoms with Crippen molar-refractivity contribution in [2.45, 2.75) is 6.54 Å². The van der Waals surface area contributed by atoms with E-state index in [9.17, 15) is 4.79 Å². The summed E-state index contributed by atoms with van der Waals surface area (Å²) in [5, 5.41) is 7.21. The third-order valence-electron chi connectivity index (χ3n) is 4.26. The van der Waals surface area contributed by atoms with Gasteiger partial charge in [-0.3, -0.25) is 9.48 Å². The summed E-state index contributed by atoms with van der Waals surface area (Å²) < 4.78 is 23.0. The van der Waals surface area contributed by atoms with Gasteiger partial charge in [0.05, 0.1) is 39.8 Å². The van der Waals surface area contributed by atoms with Crippen molar-refractivity contribution >= 4 is 12.0 Å². The molecule has 0 spiro atoms. The van der Waals surface area contributed by atoms with Crippen LogP contribution in [-0.2, 0) is 18.4 Å². The Morgan fingerprint density at radius 2 is 1.90 bits per heavy atom. The van der Waals surface area contributed by atoms with Crippen molar-refractivity contribution in [1.29, 1.82) is 0 Å². The second kappa shape index (κ2) is 9.01. The molecule has 152 valence electrons. The summed E-state index contributed by atoms with van der Waals surface area (Å²) in [4.78, 5) is 12.2. The number of amides is 1. The van der Waals surface area contributed by atoms with Crippen molar-refractivity contribution in [2.24, 2.45) is 7.05 Å². The number of furan rings is 1. The normalized spacial score (nSPS) is 10.9. The van der Waals surface area contributed by atoms with Gasteiger partial charge >= 0.3 is 0 Å². The minimum atomic E-state index is -0.246. The lowest BCUT2D eigenvalue weighted by Crippen LogP contribution is -2.20. The molecule has 0 atom stereocenters. The molecule has 0 unspecified atom stereocenters. The van der Waals surface area contributed by atoms with Crippen LogP contribution in [-0.4, -0.2) is 37.0 Å². The van der Waals surface area contributed by atoms with E-state index in [1.165, 1.54) is 13.2 Å². The Morgan fingerprint density at radius 3 is 2.48 bits per heavy atom. The van der Waals surface area contributed by atoms with Crippen molar-refractivity contribution in [1.82, 2.24) is 15.1 Å². The van der Waals surface area contributed by atoms with Crippen LogP contribution >= 0.6 is 0 Å². The Kier molecular flexibility index (Phi) is 6.23. The summed E-state index contributed by atoms with van der Waals surface area (Å²) in [5.74, 6) is 2.01. The Bertz CT molecular complexity index is 981. The van der Waals surface area contributed by atoms with Gasteiger partial charge in [-0.2, -0.15) is 5.10 Å². The molecular formula is C21H23N3O5. The van der Waals surface area contributed by atoms with E-state index in [0.717, 1.165) is 22.7 Å². The summed E-state index contributed by atoms with van der Waals surface area (Å²) in [5.41, 5.74) is 2.31. The van der Waals surface area contributed by atoms with Crippen LogP contribution in [0.5, 0.6) is 17.2 Å². The molecule has 8 nitrogen and oxygen atoms in total. The van der Waals surface area contributed by atoms with Gasteiger partial charge in [0.1, 0.15) is 5.69 Å². The number of carbonyl (C=O) groups is 1. The number of hydrogen-bond acceptors (Lipinski definition) is 6. The molecule has 3 rings (SSSR count). The van der Waals surface area contributed by atoms with E-state index in [1.807, 2.05) is 25.2 Å². The zero-order chi connectivity index (χ0) is 20.8. The maximum atomic E-state index is 12.2. The summed E-state index contributed by atoms with van der Waals surface area (Å²) in [6.07, 6.45) is 4.72. The number of benzene rings is 1. The highest BCUT2D eigenvalue weighted by molar-refractivity contribution is 5.91. The van der Waals surface area contributed by atoms with Gasteiger partial charge < -0.3 is 23.9 Å². The molecule has 2 aromatic heterocycles. The lowest BCUT2D eigenvalue weighted by Gasteiger charge is -2.12. The van der Waals surface area contributed by atoms with Gasteiger partial charge in [-0.25, -0.2) is 0 Å². The minimum absolute atomic E-state index is 0.246. The van der Waals surface area contributed by atoms with Crippen LogP contribution in [0, 0.1) is 0 Å². The summed E-state index contributed by atoms with van der Waals surface area (Å²) in [6, 6.07) is 9.08. The number of nitrogens with zero attached hydrogens (tertiary/aromatic N) is 2. The molecule has 0 saturated heterocycles. The molecule has 1 amide bonds. The number of rotatable bonds is 8. The van der Waals surface area contributed by atoms with Crippen molar-refractivity contribution in [3.05, 3.63) is 53.9 Å². The molecule has 29 heavy (non-hydrogen) atoms. The summed E-state index contributed by atoms with van der Waals surface area (Å²) >= 11 is 0. The van der Waals surface area contributed by atoms with Crippen molar-refractivity contribution in [3.8, 4) is 28.7 Å². The number of aromatic nitrogens is 2. The predicted molar refractivity (Wildman–Crippen MR) is 108 cm³/mol. The van der Waals surface area contributed by atoms with Gasteiger partial charge in [0.2, 0.25) is 11.7 Å². The lowest BCUT2D eigenvalue weighted by atomic mass is 10.1. The molecule has 8 heteroatoms. The fourth-order valence-electron chi connectivity index (χ4n) is 2.87. The first-order valence-electron chi connectivity index (χ1n) is 8.88. The van der Waals surface area contributed by atoms with Crippen LogP contribution in [0.15, 0.2) is 47.1 Å².